The molecule has 1 aromatic rings. The van der Waals surface area contributed by atoms with Crippen LogP contribution in [0.15, 0.2) is 18.5 Å². The van der Waals surface area contributed by atoms with E-state index in [-0.39, 0.29) is 0 Å². The minimum absolute atomic E-state index is 0.417. The summed E-state index contributed by atoms with van der Waals surface area (Å²) in [4.78, 5) is 4.37. The number of rotatable bonds is 7. The van der Waals surface area contributed by atoms with Gasteiger partial charge in [0.1, 0.15) is 5.75 Å². The molecule has 2 rings (SSSR count). The third-order valence-corrected chi connectivity index (χ3v) is 4.77. The first-order valence-electron chi connectivity index (χ1n) is 8.59. The molecule has 1 fully saturated rings. The summed E-state index contributed by atoms with van der Waals surface area (Å²) in [6.07, 6.45) is 10.6. The first kappa shape index (κ1) is 16.3. The summed E-state index contributed by atoms with van der Waals surface area (Å²) in [5, 5.41) is 3.68. The summed E-state index contributed by atoms with van der Waals surface area (Å²) in [5.74, 6) is 2.56. The molecule has 0 radical (unpaired) electrons. The zero-order chi connectivity index (χ0) is 15.1. The highest BCUT2D eigenvalue weighted by Gasteiger charge is 2.27. The Morgan fingerprint density at radius 1 is 1.19 bits per heavy atom. The number of pyridine rings is 1. The Labute approximate surface area is 129 Å². The van der Waals surface area contributed by atoms with Crippen molar-refractivity contribution < 1.29 is 4.74 Å². The Bertz CT molecular complexity index is 413. The first-order chi connectivity index (χ1) is 10.3. The average Bonchev–Trinajstić information content (AvgIpc) is 2.53. The van der Waals surface area contributed by atoms with Gasteiger partial charge in [-0.25, -0.2) is 0 Å². The third-order valence-electron chi connectivity index (χ3n) is 4.77. The fourth-order valence-corrected chi connectivity index (χ4v) is 3.56. The van der Waals surface area contributed by atoms with Gasteiger partial charge in [-0.05, 0) is 49.8 Å². The Kier molecular flexibility index (Phi) is 6.50. The molecule has 0 aliphatic heterocycles. The van der Waals surface area contributed by atoms with Crippen LogP contribution >= 0.6 is 0 Å². The van der Waals surface area contributed by atoms with Crippen molar-refractivity contribution in [2.24, 2.45) is 11.8 Å². The van der Waals surface area contributed by atoms with Crippen LogP contribution in [0.3, 0.4) is 0 Å². The highest BCUT2D eigenvalue weighted by Crippen LogP contribution is 2.38. The van der Waals surface area contributed by atoms with Crippen molar-refractivity contribution >= 4 is 0 Å². The van der Waals surface area contributed by atoms with Crippen LogP contribution < -0.4 is 10.1 Å². The van der Waals surface area contributed by atoms with Crippen LogP contribution in [-0.2, 0) is 0 Å². The van der Waals surface area contributed by atoms with E-state index in [0.717, 1.165) is 24.1 Å². The van der Waals surface area contributed by atoms with E-state index in [1.54, 1.807) is 0 Å². The van der Waals surface area contributed by atoms with Crippen LogP contribution in [-0.4, -0.2) is 18.1 Å². The van der Waals surface area contributed by atoms with Gasteiger partial charge in [-0.1, -0.05) is 33.1 Å². The molecule has 1 aliphatic carbocycles. The lowest BCUT2D eigenvalue weighted by molar-refractivity contribution is 0.219. The molecule has 3 nitrogen and oxygen atoms in total. The summed E-state index contributed by atoms with van der Waals surface area (Å²) in [7, 11) is 0. The van der Waals surface area contributed by atoms with Crippen LogP contribution in [0.25, 0.3) is 0 Å². The smallest absolute Gasteiger partial charge is 0.137 e. The lowest BCUT2D eigenvalue weighted by atomic mass is 9.76. The SMILES string of the molecule is CCNC(c1cncc(OCC)c1)C1CCC(CC)CC1. The summed E-state index contributed by atoms with van der Waals surface area (Å²) in [6.45, 7) is 8.21. The monoisotopic (exact) mass is 290 g/mol. The van der Waals surface area contributed by atoms with E-state index < -0.39 is 0 Å². The van der Waals surface area contributed by atoms with Gasteiger partial charge in [0.15, 0.2) is 0 Å². The predicted octanol–water partition coefficient (Wildman–Crippen LogP) is 4.35. The van der Waals surface area contributed by atoms with Crippen molar-refractivity contribution in [2.75, 3.05) is 13.2 Å². The average molecular weight is 290 g/mol. The lowest BCUT2D eigenvalue weighted by Crippen LogP contribution is -2.31. The minimum atomic E-state index is 0.417. The Balaban J connectivity index is 2.09. The number of aromatic nitrogens is 1. The molecule has 1 heterocycles. The first-order valence-corrected chi connectivity index (χ1v) is 8.59. The third kappa shape index (κ3) is 4.44. The molecule has 0 amide bonds. The molecular formula is C18H30N2O. The van der Waals surface area contributed by atoms with Gasteiger partial charge in [0.05, 0.1) is 12.8 Å². The largest absolute Gasteiger partial charge is 0.492 e. The van der Waals surface area contributed by atoms with Crippen molar-refractivity contribution in [3.63, 3.8) is 0 Å². The van der Waals surface area contributed by atoms with Gasteiger partial charge < -0.3 is 10.1 Å². The maximum atomic E-state index is 5.61. The predicted molar refractivity (Wildman–Crippen MR) is 87.6 cm³/mol. The molecule has 1 aromatic heterocycles. The number of nitrogens with zero attached hydrogens (tertiary/aromatic N) is 1. The van der Waals surface area contributed by atoms with E-state index >= 15 is 0 Å². The summed E-state index contributed by atoms with van der Waals surface area (Å²) >= 11 is 0. The normalized spacial score (nSPS) is 23.8. The van der Waals surface area contributed by atoms with Crippen molar-refractivity contribution in [1.29, 1.82) is 0 Å². The van der Waals surface area contributed by atoms with E-state index in [2.05, 4.69) is 30.2 Å². The molecule has 0 aromatic carbocycles. The van der Waals surface area contributed by atoms with Gasteiger partial charge in [-0.15, -0.1) is 0 Å². The summed E-state index contributed by atoms with van der Waals surface area (Å²) < 4.78 is 5.61. The molecule has 3 heteroatoms. The van der Waals surface area contributed by atoms with Crippen LogP contribution in [0, 0.1) is 11.8 Å². The van der Waals surface area contributed by atoms with Crippen molar-refractivity contribution in [1.82, 2.24) is 10.3 Å². The van der Waals surface area contributed by atoms with Gasteiger partial charge in [-0.3, -0.25) is 4.98 Å². The van der Waals surface area contributed by atoms with E-state index in [0.29, 0.717) is 12.6 Å². The Morgan fingerprint density at radius 2 is 1.95 bits per heavy atom. The molecule has 1 saturated carbocycles. The van der Waals surface area contributed by atoms with Gasteiger partial charge in [0.25, 0.3) is 0 Å². The van der Waals surface area contributed by atoms with Crippen LogP contribution in [0.2, 0.25) is 0 Å². The van der Waals surface area contributed by atoms with Crippen molar-refractivity contribution in [2.45, 2.75) is 58.9 Å². The molecule has 1 aliphatic rings. The zero-order valence-electron chi connectivity index (χ0n) is 13.8. The molecule has 0 saturated heterocycles. The highest BCUT2D eigenvalue weighted by atomic mass is 16.5. The zero-order valence-corrected chi connectivity index (χ0v) is 13.8. The fourth-order valence-electron chi connectivity index (χ4n) is 3.56. The Morgan fingerprint density at radius 3 is 2.57 bits per heavy atom. The molecule has 1 N–H and O–H groups in total. The van der Waals surface area contributed by atoms with E-state index in [1.165, 1.54) is 37.7 Å². The van der Waals surface area contributed by atoms with Gasteiger partial charge >= 0.3 is 0 Å². The number of ether oxygens (including phenoxy) is 1. The minimum Gasteiger partial charge on any atom is -0.492 e. The van der Waals surface area contributed by atoms with E-state index in [9.17, 15) is 0 Å². The molecule has 21 heavy (non-hydrogen) atoms. The van der Waals surface area contributed by atoms with Crippen LogP contribution in [0.5, 0.6) is 5.75 Å². The second-order valence-electron chi connectivity index (χ2n) is 6.11. The summed E-state index contributed by atoms with van der Waals surface area (Å²) in [6, 6.07) is 2.58. The standard InChI is InChI=1S/C18H30N2O/c1-4-14-7-9-15(10-8-14)18(20-5-2)16-11-17(21-6-3)13-19-12-16/h11-15,18,20H,4-10H2,1-3H3. The lowest BCUT2D eigenvalue weighted by Gasteiger charge is -2.34. The van der Waals surface area contributed by atoms with E-state index in [1.807, 2.05) is 19.3 Å². The van der Waals surface area contributed by atoms with Crippen molar-refractivity contribution in [3.8, 4) is 5.75 Å². The second-order valence-corrected chi connectivity index (χ2v) is 6.11. The van der Waals surface area contributed by atoms with Crippen molar-refractivity contribution in [3.05, 3.63) is 24.0 Å². The number of hydrogen-bond acceptors (Lipinski definition) is 3. The van der Waals surface area contributed by atoms with Gasteiger partial charge in [-0.2, -0.15) is 0 Å². The number of nitrogens with one attached hydrogen (secondary N) is 1. The topological polar surface area (TPSA) is 34.2 Å². The van der Waals surface area contributed by atoms with Crippen LogP contribution in [0.1, 0.15) is 64.5 Å². The Hall–Kier alpha value is -1.09. The quantitative estimate of drug-likeness (QED) is 0.810. The van der Waals surface area contributed by atoms with Gasteiger partial charge in [0.2, 0.25) is 0 Å². The molecule has 118 valence electrons. The fraction of sp³-hybridized carbons (Fsp3) is 0.722. The molecule has 1 unspecified atom stereocenters. The maximum Gasteiger partial charge on any atom is 0.137 e. The molecular weight excluding hydrogens is 260 g/mol. The maximum absolute atomic E-state index is 5.61. The number of hydrogen-bond donors (Lipinski definition) is 1. The second kappa shape index (κ2) is 8.38. The molecule has 1 atom stereocenters. The summed E-state index contributed by atoms with van der Waals surface area (Å²) in [5.41, 5.74) is 1.28. The van der Waals surface area contributed by atoms with E-state index in [4.69, 9.17) is 4.74 Å². The highest BCUT2D eigenvalue weighted by molar-refractivity contribution is 5.26. The molecule has 0 bridgehead atoms. The molecule has 0 spiro atoms. The van der Waals surface area contributed by atoms with Gasteiger partial charge in [0, 0.05) is 12.2 Å². The van der Waals surface area contributed by atoms with Crippen LogP contribution in [0.4, 0.5) is 0 Å².